The normalized spacial score (nSPS) is 20.8. The van der Waals surface area contributed by atoms with E-state index in [1.54, 1.807) is 12.1 Å². The van der Waals surface area contributed by atoms with Crippen LogP contribution in [0.3, 0.4) is 0 Å². The number of alkyl halides is 3. The fourth-order valence-corrected chi connectivity index (χ4v) is 2.80. The van der Waals surface area contributed by atoms with E-state index in [-0.39, 0.29) is 37.8 Å². The summed E-state index contributed by atoms with van der Waals surface area (Å²) in [6.07, 6.45) is -4.76. The molecule has 3 nitrogen and oxygen atoms in total. The van der Waals surface area contributed by atoms with Gasteiger partial charge in [-0.05, 0) is 37.0 Å². The smallest absolute Gasteiger partial charge is 0.380 e. The van der Waals surface area contributed by atoms with Crippen LogP contribution in [0, 0.1) is 5.82 Å². The lowest BCUT2D eigenvalue weighted by atomic mass is 9.89. The number of halogens is 4. The lowest BCUT2D eigenvalue weighted by Gasteiger charge is -2.42. The van der Waals surface area contributed by atoms with Crippen LogP contribution in [0.25, 0.3) is 0 Å². The molecule has 0 bridgehead atoms. The average molecular weight is 320 g/mol. The predicted octanol–water partition coefficient (Wildman–Crippen LogP) is 2.08. The number of rotatable bonds is 4. The van der Waals surface area contributed by atoms with Gasteiger partial charge in [-0.25, -0.2) is 4.39 Å². The number of piperidine rings is 1. The van der Waals surface area contributed by atoms with Gasteiger partial charge in [-0.1, -0.05) is 12.1 Å². The van der Waals surface area contributed by atoms with Crippen molar-refractivity contribution < 1.29 is 22.7 Å². The van der Waals surface area contributed by atoms with E-state index in [1.165, 1.54) is 12.1 Å². The number of nitrogens with two attached hydrogens (primary N) is 1. The molecule has 0 aliphatic carbocycles. The maximum absolute atomic E-state index is 12.9. The standard InChI is InChI=1S/C15H20F4N2O/c16-12-3-1-11(2-4-12)9-13(10-20)21-7-5-14(22,6-8-21)15(17,18)19/h1-4,13,22H,5-10,20H2/t13-/m1/s1. The average Bonchev–Trinajstić information content (AvgIpc) is 2.47. The highest BCUT2D eigenvalue weighted by Crippen LogP contribution is 2.38. The van der Waals surface area contributed by atoms with Gasteiger partial charge in [0.25, 0.3) is 0 Å². The Morgan fingerprint density at radius 3 is 2.18 bits per heavy atom. The molecule has 0 aromatic heterocycles. The van der Waals surface area contributed by atoms with Crippen LogP contribution in [0.4, 0.5) is 17.6 Å². The Morgan fingerprint density at radius 2 is 1.73 bits per heavy atom. The summed E-state index contributed by atoms with van der Waals surface area (Å²) in [6, 6.07) is 5.87. The second kappa shape index (κ2) is 6.52. The van der Waals surface area contributed by atoms with Crippen LogP contribution in [-0.4, -0.2) is 47.5 Å². The first-order chi connectivity index (χ1) is 10.2. The van der Waals surface area contributed by atoms with Crippen LogP contribution >= 0.6 is 0 Å². The molecule has 1 aromatic rings. The zero-order valence-corrected chi connectivity index (χ0v) is 12.1. The molecule has 1 aliphatic heterocycles. The van der Waals surface area contributed by atoms with Crippen molar-refractivity contribution in [2.45, 2.75) is 37.1 Å². The number of hydrogen-bond donors (Lipinski definition) is 2. The zero-order valence-electron chi connectivity index (χ0n) is 12.1. The van der Waals surface area contributed by atoms with Crippen LogP contribution in [0.15, 0.2) is 24.3 Å². The van der Waals surface area contributed by atoms with E-state index < -0.39 is 11.8 Å². The molecule has 0 amide bonds. The Labute approximate surface area is 126 Å². The van der Waals surface area contributed by atoms with Crippen LogP contribution in [0.5, 0.6) is 0 Å². The third kappa shape index (κ3) is 3.77. The lowest BCUT2D eigenvalue weighted by Crippen LogP contribution is -2.56. The lowest BCUT2D eigenvalue weighted by molar-refractivity contribution is -0.273. The van der Waals surface area contributed by atoms with Gasteiger partial charge >= 0.3 is 6.18 Å². The third-order valence-electron chi connectivity index (χ3n) is 4.33. The van der Waals surface area contributed by atoms with E-state index in [0.29, 0.717) is 13.0 Å². The maximum Gasteiger partial charge on any atom is 0.417 e. The van der Waals surface area contributed by atoms with Crippen molar-refractivity contribution in [1.29, 1.82) is 0 Å². The van der Waals surface area contributed by atoms with Crippen molar-refractivity contribution in [2.24, 2.45) is 5.73 Å². The second-order valence-electron chi connectivity index (χ2n) is 5.79. The molecular weight excluding hydrogens is 300 g/mol. The summed E-state index contributed by atoms with van der Waals surface area (Å²) < 4.78 is 51.3. The molecule has 1 atom stereocenters. The van der Waals surface area contributed by atoms with Gasteiger partial charge in [-0.15, -0.1) is 0 Å². The van der Waals surface area contributed by atoms with Crippen LogP contribution in [0.2, 0.25) is 0 Å². The highest BCUT2D eigenvalue weighted by Gasteiger charge is 2.54. The Bertz CT molecular complexity index is 481. The number of aliphatic hydroxyl groups is 1. The number of nitrogens with zero attached hydrogens (tertiary/aromatic N) is 1. The highest BCUT2D eigenvalue weighted by atomic mass is 19.4. The topological polar surface area (TPSA) is 49.5 Å². The van der Waals surface area contributed by atoms with Crippen LogP contribution < -0.4 is 5.73 Å². The first-order valence-electron chi connectivity index (χ1n) is 7.23. The Balaban J connectivity index is 1.97. The molecule has 1 saturated heterocycles. The maximum atomic E-state index is 12.9. The van der Waals surface area contributed by atoms with Gasteiger partial charge in [-0.2, -0.15) is 13.2 Å². The SMILES string of the molecule is NC[C@@H](Cc1ccc(F)cc1)N1CCC(O)(C(F)(F)F)CC1. The molecule has 0 saturated carbocycles. The Hall–Kier alpha value is -1.18. The van der Waals surface area contributed by atoms with Crippen molar-refractivity contribution in [3.63, 3.8) is 0 Å². The highest BCUT2D eigenvalue weighted by molar-refractivity contribution is 5.17. The van der Waals surface area contributed by atoms with Gasteiger partial charge in [0.1, 0.15) is 5.82 Å². The molecule has 1 fully saturated rings. The largest absolute Gasteiger partial charge is 0.417 e. The van der Waals surface area contributed by atoms with E-state index in [0.717, 1.165) is 5.56 Å². The summed E-state index contributed by atoms with van der Waals surface area (Å²) >= 11 is 0. The molecular formula is C15H20F4N2O. The second-order valence-corrected chi connectivity index (χ2v) is 5.79. The molecule has 3 N–H and O–H groups in total. The molecule has 0 spiro atoms. The molecule has 1 aliphatic rings. The van der Waals surface area contributed by atoms with Crippen molar-refractivity contribution >= 4 is 0 Å². The van der Waals surface area contributed by atoms with Crippen molar-refractivity contribution in [2.75, 3.05) is 19.6 Å². The quantitative estimate of drug-likeness (QED) is 0.835. The predicted molar refractivity (Wildman–Crippen MR) is 74.8 cm³/mol. The molecule has 1 aromatic carbocycles. The molecule has 0 unspecified atom stereocenters. The summed E-state index contributed by atoms with van der Waals surface area (Å²) in [5.41, 5.74) is 4.02. The summed E-state index contributed by atoms with van der Waals surface area (Å²) in [5, 5.41) is 9.68. The third-order valence-corrected chi connectivity index (χ3v) is 4.33. The fraction of sp³-hybridized carbons (Fsp3) is 0.600. The van der Waals surface area contributed by atoms with Gasteiger partial charge in [-0.3, -0.25) is 4.90 Å². The van der Waals surface area contributed by atoms with Gasteiger partial charge in [0.15, 0.2) is 5.60 Å². The van der Waals surface area contributed by atoms with E-state index >= 15 is 0 Å². The summed E-state index contributed by atoms with van der Waals surface area (Å²) in [5.74, 6) is -0.332. The first-order valence-corrected chi connectivity index (χ1v) is 7.23. The molecule has 2 rings (SSSR count). The van der Waals surface area contributed by atoms with Crippen LogP contribution in [0.1, 0.15) is 18.4 Å². The van der Waals surface area contributed by atoms with Crippen molar-refractivity contribution in [1.82, 2.24) is 4.90 Å². The Kier molecular flexibility index (Phi) is 5.09. The summed E-state index contributed by atoms with van der Waals surface area (Å²) in [4.78, 5) is 1.86. The number of hydrogen-bond acceptors (Lipinski definition) is 3. The minimum Gasteiger partial charge on any atom is -0.380 e. The first kappa shape index (κ1) is 17.2. The van der Waals surface area contributed by atoms with Gasteiger partial charge in [0.2, 0.25) is 0 Å². The fourth-order valence-electron chi connectivity index (χ4n) is 2.80. The summed E-state index contributed by atoms with van der Waals surface area (Å²) in [6.45, 7) is 0.569. The van der Waals surface area contributed by atoms with Gasteiger partial charge < -0.3 is 10.8 Å². The van der Waals surface area contributed by atoms with Crippen LogP contribution in [-0.2, 0) is 6.42 Å². The minimum absolute atomic E-state index is 0.122. The van der Waals surface area contributed by atoms with Crippen molar-refractivity contribution in [3.8, 4) is 0 Å². The van der Waals surface area contributed by atoms with E-state index in [1.807, 2.05) is 4.90 Å². The van der Waals surface area contributed by atoms with E-state index in [4.69, 9.17) is 5.73 Å². The number of likely N-dealkylation sites (tertiary alicyclic amines) is 1. The monoisotopic (exact) mass is 320 g/mol. The molecule has 22 heavy (non-hydrogen) atoms. The van der Waals surface area contributed by atoms with Crippen molar-refractivity contribution in [3.05, 3.63) is 35.6 Å². The molecule has 1 heterocycles. The summed E-state index contributed by atoms with van der Waals surface area (Å²) in [7, 11) is 0. The molecule has 0 radical (unpaired) electrons. The molecule has 7 heteroatoms. The van der Waals surface area contributed by atoms with Gasteiger partial charge in [0.05, 0.1) is 0 Å². The number of benzene rings is 1. The minimum atomic E-state index is -4.60. The van der Waals surface area contributed by atoms with E-state index in [9.17, 15) is 22.7 Å². The Morgan fingerprint density at radius 1 is 1.18 bits per heavy atom. The zero-order chi connectivity index (χ0) is 16.4. The molecule has 124 valence electrons. The van der Waals surface area contributed by atoms with E-state index in [2.05, 4.69) is 0 Å². The van der Waals surface area contributed by atoms with Gasteiger partial charge in [0, 0.05) is 25.7 Å².